The first-order chi connectivity index (χ1) is 16.6. The van der Waals surface area contributed by atoms with Crippen LogP contribution in [0.25, 0.3) is 22.3 Å². The third kappa shape index (κ3) is 3.32. The molecule has 9 nitrogen and oxygen atoms in total. The van der Waals surface area contributed by atoms with Gasteiger partial charge < -0.3 is 25.7 Å². The maximum absolute atomic E-state index is 12.8. The number of carbonyl (C=O) groups is 1. The van der Waals surface area contributed by atoms with Gasteiger partial charge in [0.15, 0.2) is 0 Å². The summed E-state index contributed by atoms with van der Waals surface area (Å²) in [7, 11) is 1.96. The molecule has 1 unspecified atom stereocenters. The minimum Gasteiger partial charge on any atom is -0.381 e. The standard InChI is InChI=1S/C25H25N7O2/c1-32-8-5-17-16(4-7-27-24(17)32)23-18-11-29-25(33)22(18)20(12-28-23)31-21-3-2-15(19(10-26)30-21)14-6-9-34-13-14/h2-5,7-8,12,14H,6,9-11,13,26H2,1H3,(H,29,33)(H,30,31). The summed E-state index contributed by atoms with van der Waals surface area (Å²) in [4.78, 5) is 26.8. The van der Waals surface area contributed by atoms with Gasteiger partial charge in [0.2, 0.25) is 0 Å². The van der Waals surface area contributed by atoms with E-state index in [1.165, 1.54) is 0 Å². The first kappa shape index (κ1) is 20.8. The van der Waals surface area contributed by atoms with Gasteiger partial charge >= 0.3 is 0 Å². The average molecular weight is 456 g/mol. The van der Waals surface area contributed by atoms with Crippen molar-refractivity contribution in [3.05, 3.63) is 65.2 Å². The number of aryl methyl sites for hydroxylation is 1. The van der Waals surface area contributed by atoms with Gasteiger partial charge in [0.05, 0.1) is 35.4 Å². The Bertz CT molecular complexity index is 1420. The molecule has 4 aromatic rings. The van der Waals surface area contributed by atoms with Crippen LogP contribution >= 0.6 is 0 Å². The number of anilines is 2. The number of amides is 1. The lowest BCUT2D eigenvalue weighted by Crippen LogP contribution is -2.14. The Balaban J connectivity index is 1.40. The highest BCUT2D eigenvalue weighted by Crippen LogP contribution is 2.36. The van der Waals surface area contributed by atoms with Gasteiger partial charge in [-0.15, -0.1) is 0 Å². The van der Waals surface area contributed by atoms with Crippen molar-refractivity contribution in [1.82, 2.24) is 24.8 Å². The number of pyridine rings is 3. The first-order valence-electron chi connectivity index (χ1n) is 11.4. The molecule has 1 amide bonds. The van der Waals surface area contributed by atoms with Gasteiger partial charge in [-0.2, -0.15) is 0 Å². The van der Waals surface area contributed by atoms with Crippen LogP contribution in [0, 0.1) is 0 Å². The van der Waals surface area contributed by atoms with Gasteiger partial charge in [-0.3, -0.25) is 9.78 Å². The van der Waals surface area contributed by atoms with E-state index < -0.39 is 0 Å². The Hall–Kier alpha value is -3.82. The lowest BCUT2D eigenvalue weighted by Gasteiger charge is -2.16. The highest BCUT2D eigenvalue weighted by atomic mass is 16.5. The zero-order chi connectivity index (χ0) is 23.2. The van der Waals surface area contributed by atoms with Crippen molar-refractivity contribution in [2.24, 2.45) is 12.8 Å². The van der Waals surface area contributed by atoms with Crippen LogP contribution in [-0.4, -0.2) is 38.6 Å². The van der Waals surface area contributed by atoms with Crippen LogP contribution in [0.4, 0.5) is 11.5 Å². The minimum absolute atomic E-state index is 0.127. The third-order valence-corrected chi connectivity index (χ3v) is 6.69. The molecule has 0 aromatic carbocycles. The topological polar surface area (TPSA) is 120 Å². The van der Waals surface area contributed by atoms with Crippen LogP contribution in [-0.2, 0) is 24.9 Å². The molecule has 1 fully saturated rings. The lowest BCUT2D eigenvalue weighted by molar-refractivity contribution is 0.0966. The zero-order valence-corrected chi connectivity index (χ0v) is 18.8. The van der Waals surface area contributed by atoms with E-state index in [9.17, 15) is 4.79 Å². The Labute approximate surface area is 196 Å². The number of rotatable bonds is 5. The highest BCUT2D eigenvalue weighted by Gasteiger charge is 2.28. The smallest absolute Gasteiger partial charge is 0.254 e. The fourth-order valence-electron chi connectivity index (χ4n) is 4.97. The Morgan fingerprint density at radius 2 is 2.18 bits per heavy atom. The molecule has 34 heavy (non-hydrogen) atoms. The Kier molecular flexibility index (Phi) is 5.00. The SMILES string of the molecule is Cn1ccc2c(-c3ncc(Nc4ccc(C5CCOC5)c(CN)n4)c4c3CNC4=O)ccnc21. The van der Waals surface area contributed by atoms with Crippen molar-refractivity contribution >= 4 is 28.4 Å². The van der Waals surface area contributed by atoms with E-state index in [0.717, 1.165) is 52.1 Å². The van der Waals surface area contributed by atoms with Crippen molar-refractivity contribution in [1.29, 1.82) is 0 Å². The van der Waals surface area contributed by atoms with E-state index in [-0.39, 0.29) is 5.91 Å². The van der Waals surface area contributed by atoms with E-state index in [0.29, 0.717) is 42.7 Å². The maximum Gasteiger partial charge on any atom is 0.254 e. The summed E-state index contributed by atoms with van der Waals surface area (Å²) in [5, 5.41) is 7.26. The predicted molar refractivity (Wildman–Crippen MR) is 129 cm³/mol. The molecule has 172 valence electrons. The molecule has 4 aromatic heterocycles. The van der Waals surface area contributed by atoms with E-state index in [1.807, 2.05) is 36.0 Å². The lowest BCUT2D eigenvalue weighted by atomic mass is 9.96. The van der Waals surface area contributed by atoms with Crippen molar-refractivity contribution < 1.29 is 9.53 Å². The molecule has 2 aliphatic heterocycles. The molecule has 1 atom stereocenters. The minimum atomic E-state index is -0.127. The molecular weight excluding hydrogens is 430 g/mol. The van der Waals surface area contributed by atoms with E-state index in [2.05, 4.69) is 21.7 Å². The van der Waals surface area contributed by atoms with Crippen molar-refractivity contribution in [3.63, 3.8) is 0 Å². The van der Waals surface area contributed by atoms with Crippen LogP contribution in [0.1, 0.15) is 39.5 Å². The largest absolute Gasteiger partial charge is 0.381 e. The van der Waals surface area contributed by atoms with Gasteiger partial charge in [-0.25, -0.2) is 9.97 Å². The summed E-state index contributed by atoms with van der Waals surface area (Å²) < 4.78 is 7.51. The molecule has 4 N–H and O–H groups in total. The molecule has 9 heteroatoms. The van der Waals surface area contributed by atoms with Gasteiger partial charge in [-0.1, -0.05) is 6.07 Å². The molecule has 0 saturated carbocycles. The van der Waals surface area contributed by atoms with Crippen LogP contribution in [0.3, 0.4) is 0 Å². The normalized spacial score (nSPS) is 17.2. The molecule has 2 aliphatic rings. The summed E-state index contributed by atoms with van der Waals surface area (Å²) in [5.74, 6) is 0.832. The summed E-state index contributed by atoms with van der Waals surface area (Å²) in [6.07, 6.45) is 6.43. The molecular formula is C25H25N7O2. The number of nitrogens with two attached hydrogens (primary N) is 1. The fourth-order valence-corrected chi connectivity index (χ4v) is 4.97. The summed E-state index contributed by atoms with van der Waals surface area (Å²) >= 11 is 0. The number of hydrogen-bond acceptors (Lipinski definition) is 7. The molecule has 6 heterocycles. The predicted octanol–water partition coefficient (Wildman–Crippen LogP) is 2.98. The van der Waals surface area contributed by atoms with Gasteiger partial charge in [0.1, 0.15) is 11.5 Å². The Morgan fingerprint density at radius 3 is 3.00 bits per heavy atom. The monoisotopic (exact) mass is 455 g/mol. The maximum atomic E-state index is 12.8. The zero-order valence-electron chi connectivity index (χ0n) is 18.8. The van der Waals surface area contributed by atoms with E-state index >= 15 is 0 Å². The number of carbonyl (C=O) groups excluding carboxylic acids is 1. The van der Waals surface area contributed by atoms with Crippen LogP contribution in [0.5, 0.6) is 0 Å². The second-order valence-electron chi connectivity index (χ2n) is 8.70. The van der Waals surface area contributed by atoms with Gasteiger partial charge in [0, 0.05) is 61.6 Å². The molecule has 1 saturated heterocycles. The second kappa shape index (κ2) is 8.19. The molecule has 0 bridgehead atoms. The van der Waals surface area contributed by atoms with Crippen molar-refractivity contribution in [2.45, 2.75) is 25.4 Å². The quantitative estimate of drug-likeness (QED) is 0.423. The number of nitrogens with one attached hydrogen (secondary N) is 2. The number of aromatic nitrogens is 4. The van der Waals surface area contributed by atoms with Gasteiger partial charge in [0.25, 0.3) is 5.91 Å². The van der Waals surface area contributed by atoms with E-state index in [1.54, 1.807) is 12.4 Å². The number of hydrogen-bond donors (Lipinski definition) is 3. The average Bonchev–Trinajstić information content (AvgIpc) is 3.61. The molecule has 0 aliphatic carbocycles. The molecule has 0 spiro atoms. The van der Waals surface area contributed by atoms with Crippen LogP contribution < -0.4 is 16.4 Å². The second-order valence-corrected chi connectivity index (χ2v) is 8.70. The van der Waals surface area contributed by atoms with E-state index in [4.69, 9.17) is 20.4 Å². The Morgan fingerprint density at radius 1 is 1.26 bits per heavy atom. The summed E-state index contributed by atoms with van der Waals surface area (Å²) in [5.41, 5.74) is 12.7. The molecule has 0 radical (unpaired) electrons. The number of nitrogens with zero attached hydrogens (tertiary/aromatic N) is 4. The highest BCUT2D eigenvalue weighted by molar-refractivity contribution is 6.06. The van der Waals surface area contributed by atoms with Crippen LogP contribution in [0.15, 0.2) is 42.9 Å². The summed E-state index contributed by atoms with van der Waals surface area (Å²) in [6.45, 7) is 2.22. The number of fused-ring (bicyclic) bond motifs is 2. The van der Waals surface area contributed by atoms with Crippen LogP contribution in [0.2, 0.25) is 0 Å². The number of ether oxygens (including phenoxy) is 1. The van der Waals surface area contributed by atoms with Crippen molar-refractivity contribution in [3.8, 4) is 11.3 Å². The fraction of sp³-hybridized carbons (Fsp3) is 0.280. The summed E-state index contributed by atoms with van der Waals surface area (Å²) in [6, 6.07) is 7.96. The third-order valence-electron chi connectivity index (χ3n) is 6.69. The first-order valence-corrected chi connectivity index (χ1v) is 11.4. The van der Waals surface area contributed by atoms with Gasteiger partial charge in [-0.05, 0) is 30.2 Å². The van der Waals surface area contributed by atoms with Crippen molar-refractivity contribution in [2.75, 3.05) is 18.5 Å². The molecule has 6 rings (SSSR count).